The fourth-order valence-electron chi connectivity index (χ4n) is 1.78. The van der Waals surface area contributed by atoms with E-state index in [2.05, 4.69) is 0 Å². The van der Waals surface area contributed by atoms with Crippen LogP contribution in [0.25, 0.3) is 6.08 Å². The predicted molar refractivity (Wildman–Crippen MR) is 84.0 cm³/mol. The van der Waals surface area contributed by atoms with E-state index in [1.807, 2.05) is 0 Å². The molecule has 0 heterocycles. The highest BCUT2D eigenvalue weighted by Gasteiger charge is 2.06. The van der Waals surface area contributed by atoms with Gasteiger partial charge in [-0.05, 0) is 42.3 Å². The predicted octanol–water partition coefficient (Wildman–Crippen LogP) is 4.18. The lowest BCUT2D eigenvalue weighted by Gasteiger charge is -2.05. The molecule has 0 saturated carbocycles. The van der Waals surface area contributed by atoms with Gasteiger partial charge < -0.3 is 4.74 Å². The van der Waals surface area contributed by atoms with Gasteiger partial charge in [-0.25, -0.2) is 4.79 Å². The standard InChI is InChI=1S/C16H12ClNO4/c1-11-9-13(17)6-7-15(11)22-16(19)8-5-12-3-2-4-14(10-12)18(20)21/h2-10H,1H3. The summed E-state index contributed by atoms with van der Waals surface area (Å²) in [6.07, 6.45) is 2.67. The molecule has 2 aromatic rings. The molecule has 2 rings (SSSR count). The maximum Gasteiger partial charge on any atom is 0.336 e. The smallest absolute Gasteiger partial charge is 0.336 e. The molecular formula is C16H12ClNO4. The number of benzene rings is 2. The summed E-state index contributed by atoms with van der Waals surface area (Å²) in [6, 6.07) is 10.9. The molecular weight excluding hydrogens is 306 g/mol. The van der Waals surface area contributed by atoms with Gasteiger partial charge in [-0.15, -0.1) is 0 Å². The van der Waals surface area contributed by atoms with Gasteiger partial charge in [0, 0.05) is 23.2 Å². The normalized spacial score (nSPS) is 10.6. The number of ether oxygens (including phenoxy) is 1. The van der Waals surface area contributed by atoms with Crippen molar-refractivity contribution in [2.24, 2.45) is 0 Å². The number of carbonyl (C=O) groups is 1. The van der Waals surface area contributed by atoms with Crippen LogP contribution in [0.5, 0.6) is 5.75 Å². The van der Waals surface area contributed by atoms with E-state index in [4.69, 9.17) is 16.3 Å². The van der Waals surface area contributed by atoms with E-state index in [0.717, 1.165) is 5.56 Å². The molecule has 0 N–H and O–H groups in total. The summed E-state index contributed by atoms with van der Waals surface area (Å²) in [5, 5.41) is 11.2. The Labute approximate surface area is 131 Å². The Balaban J connectivity index is 2.08. The van der Waals surface area contributed by atoms with E-state index in [0.29, 0.717) is 16.3 Å². The molecule has 6 heteroatoms. The van der Waals surface area contributed by atoms with Crippen molar-refractivity contribution < 1.29 is 14.5 Å². The zero-order valence-electron chi connectivity index (χ0n) is 11.7. The van der Waals surface area contributed by atoms with Crippen LogP contribution in [0.4, 0.5) is 5.69 Å². The number of rotatable bonds is 4. The summed E-state index contributed by atoms with van der Waals surface area (Å²) in [6.45, 7) is 1.78. The first-order chi connectivity index (χ1) is 10.5. The lowest BCUT2D eigenvalue weighted by molar-refractivity contribution is -0.384. The fraction of sp³-hybridized carbons (Fsp3) is 0.0625. The van der Waals surface area contributed by atoms with Crippen LogP contribution in [0.1, 0.15) is 11.1 Å². The minimum absolute atomic E-state index is 0.0379. The van der Waals surface area contributed by atoms with Gasteiger partial charge in [-0.3, -0.25) is 10.1 Å². The Morgan fingerprint density at radius 3 is 2.73 bits per heavy atom. The minimum atomic E-state index is -0.572. The maximum atomic E-state index is 11.8. The molecule has 0 atom stereocenters. The minimum Gasteiger partial charge on any atom is -0.423 e. The van der Waals surface area contributed by atoms with E-state index in [-0.39, 0.29) is 5.69 Å². The number of carbonyl (C=O) groups excluding carboxylic acids is 1. The van der Waals surface area contributed by atoms with Crippen molar-refractivity contribution >= 4 is 29.3 Å². The average molecular weight is 318 g/mol. The number of halogens is 1. The molecule has 0 aliphatic carbocycles. The summed E-state index contributed by atoms with van der Waals surface area (Å²) in [5.74, 6) is -0.157. The Bertz CT molecular complexity index is 756. The molecule has 22 heavy (non-hydrogen) atoms. The molecule has 0 spiro atoms. The topological polar surface area (TPSA) is 69.4 Å². The van der Waals surface area contributed by atoms with Crippen LogP contribution in [0, 0.1) is 17.0 Å². The van der Waals surface area contributed by atoms with Crippen molar-refractivity contribution in [3.8, 4) is 5.75 Å². The van der Waals surface area contributed by atoms with Crippen molar-refractivity contribution in [1.82, 2.24) is 0 Å². The summed E-state index contributed by atoms with van der Waals surface area (Å²) in [4.78, 5) is 21.9. The second kappa shape index (κ2) is 6.87. The maximum absolute atomic E-state index is 11.8. The van der Waals surface area contributed by atoms with Crippen LogP contribution >= 0.6 is 11.6 Å². The van der Waals surface area contributed by atoms with Gasteiger partial charge in [-0.2, -0.15) is 0 Å². The molecule has 0 aliphatic heterocycles. The number of hydrogen-bond acceptors (Lipinski definition) is 4. The first-order valence-electron chi connectivity index (χ1n) is 6.36. The molecule has 2 aromatic carbocycles. The molecule has 0 unspecified atom stereocenters. The number of aryl methyl sites for hydroxylation is 1. The van der Waals surface area contributed by atoms with E-state index in [1.165, 1.54) is 24.3 Å². The highest BCUT2D eigenvalue weighted by atomic mass is 35.5. The number of non-ortho nitro benzene ring substituents is 1. The zero-order valence-corrected chi connectivity index (χ0v) is 12.4. The van der Waals surface area contributed by atoms with Crippen molar-refractivity contribution in [2.75, 3.05) is 0 Å². The summed E-state index contributed by atoms with van der Waals surface area (Å²) in [7, 11) is 0. The van der Waals surface area contributed by atoms with Gasteiger partial charge in [0.25, 0.3) is 5.69 Å². The number of hydrogen-bond donors (Lipinski definition) is 0. The monoisotopic (exact) mass is 317 g/mol. The average Bonchev–Trinajstić information content (AvgIpc) is 2.48. The van der Waals surface area contributed by atoms with Crippen molar-refractivity contribution in [1.29, 1.82) is 0 Å². The molecule has 0 aliphatic rings. The second-order valence-electron chi connectivity index (χ2n) is 4.52. The lowest BCUT2D eigenvalue weighted by Crippen LogP contribution is -2.04. The number of nitrogens with zero attached hydrogens (tertiary/aromatic N) is 1. The van der Waals surface area contributed by atoms with Crippen LogP contribution in [0.3, 0.4) is 0 Å². The van der Waals surface area contributed by atoms with Crippen LogP contribution in [-0.4, -0.2) is 10.9 Å². The molecule has 0 aromatic heterocycles. The van der Waals surface area contributed by atoms with Gasteiger partial charge in [0.05, 0.1) is 4.92 Å². The van der Waals surface area contributed by atoms with E-state index < -0.39 is 10.9 Å². The summed E-state index contributed by atoms with van der Waals surface area (Å²) < 4.78 is 5.18. The summed E-state index contributed by atoms with van der Waals surface area (Å²) >= 11 is 5.83. The fourth-order valence-corrected chi connectivity index (χ4v) is 2.00. The van der Waals surface area contributed by atoms with Crippen molar-refractivity contribution in [2.45, 2.75) is 6.92 Å². The van der Waals surface area contributed by atoms with Crippen LogP contribution in [0.2, 0.25) is 5.02 Å². The van der Waals surface area contributed by atoms with E-state index >= 15 is 0 Å². The number of nitro benzene ring substituents is 1. The first-order valence-corrected chi connectivity index (χ1v) is 6.74. The van der Waals surface area contributed by atoms with E-state index in [1.54, 1.807) is 37.3 Å². The quantitative estimate of drug-likeness (QED) is 0.279. The van der Waals surface area contributed by atoms with Crippen LogP contribution < -0.4 is 4.74 Å². The highest BCUT2D eigenvalue weighted by Crippen LogP contribution is 2.22. The number of nitro groups is 1. The Kier molecular flexibility index (Phi) is 4.91. The Hall–Kier alpha value is -2.66. The highest BCUT2D eigenvalue weighted by molar-refractivity contribution is 6.30. The third kappa shape index (κ3) is 4.17. The molecule has 5 nitrogen and oxygen atoms in total. The Morgan fingerprint density at radius 2 is 2.05 bits per heavy atom. The molecule has 0 saturated heterocycles. The molecule has 0 fully saturated rings. The second-order valence-corrected chi connectivity index (χ2v) is 4.95. The molecule has 0 amide bonds. The number of esters is 1. The zero-order chi connectivity index (χ0) is 16.1. The molecule has 0 bridgehead atoms. The van der Waals surface area contributed by atoms with Gasteiger partial charge in [0.15, 0.2) is 0 Å². The van der Waals surface area contributed by atoms with Gasteiger partial charge in [0.1, 0.15) is 5.75 Å². The largest absolute Gasteiger partial charge is 0.423 e. The lowest BCUT2D eigenvalue weighted by atomic mass is 10.2. The van der Waals surface area contributed by atoms with Gasteiger partial charge >= 0.3 is 5.97 Å². The molecule has 0 radical (unpaired) electrons. The van der Waals surface area contributed by atoms with Crippen molar-refractivity contribution in [3.63, 3.8) is 0 Å². The van der Waals surface area contributed by atoms with Crippen LogP contribution in [0.15, 0.2) is 48.5 Å². The summed E-state index contributed by atoms with van der Waals surface area (Å²) in [5.41, 5.74) is 1.24. The SMILES string of the molecule is Cc1cc(Cl)ccc1OC(=O)C=Cc1cccc([N+](=O)[O-])c1. The van der Waals surface area contributed by atoms with Crippen LogP contribution in [-0.2, 0) is 4.79 Å². The third-order valence-corrected chi connectivity index (χ3v) is 3.08. The Morgan fingerprint density at radius 1 is 1.27 bits per heavy atom. The first kappa shape index (κ1) is 15.7. The van der Waals surface area contributed by atoms with Gasteiger partial charge in [0.2, 0.25) is 0 Å². The van der Waals surface area contributed by atoms with Gasteiger partial charge in [-0.1, -0.05) is 23.7 Å². The van der Waals surface area contributed by atoms with Crippen molar-refractivity contribution in [3.05, 3.63) is 74.8 Å². The molecule has 112 valence electrons. The third-order valence-electron chi connectivity index (χ3n) is 2.84. The van der Waals surface area contributed by atoms with E-state index in [9.17, 15) is 14.9 Å².